The van der Waals surface area contributed by atoms with E-state index >= 15 is 0 Å². The number of rotatable bonds is 1. The second-order valence-corrected chi connectivity index (χ2v) is 7.65. The fraction of sp³-hybridized carbons (Fsp3) is 0.200. The summed E-state index contributed by atoms with van der Waals surface area (Å²) in [5.74, 6) is 0.891. The van der Waals surface area contributed by atoms with Gasteiger partial charge in [-0.15, -0.1) is 0 Å². The van der Waals surface area contributed by atoms with Crippen LogP contribution in [0.2, 0.25) is 0 Å². The molecule has 3 unspecified atom stereocenters. The molecule has 0 aromatic heterocycles. The van der Waals surface area contributed by atoms with Gasteiger partial charge in [-0.25, -0.2) is 0 Å². The van der Waals surface area contributed by atoms with Crippen molar-refractivity contribution in [1.82, 2.24) is 0 Å². The van der Waals surface area contributed by atoms with E-state index in [4.69, 9.17) is 0 Å². The van der Waals surface area contributed by atoms with Crippen LogP contribution in [0, 0.1) is 5.92 Å². The molecule has 26 heavy (non-hydrogen) atoms. The molecule has 128 valence electrons. The quantitative estimate of drug-likeness (QED) is 0.526. The monoisotopic (exact) mass is 337 g/mol. The SMILES string of the molecule is CC(C)=C1C=CC2c3ccc4ccccc4c3NC(c3ccccc3)C12. The van der Waals surface area contributed by atoms with E-state index in [1.54, 1.807) is 0 Å². The van der Waals surface area contributed by atoms with Crippen molar-refractivity contribution in [3.63, 3.8) is 0 Å². The smallest absolute Gasteiger partial charge is 0.0591 e. The third-order valence-electron chi connectivity index (χ3n) is 5.94. The first-order valence-electron chi connectivity index (χ1n) is 9.43. The van der Waals surface area contributed by atoms with Crippen molar-refractivity contribution in [2.75, 3.05) is 5.32 Å². The molecule has 5 rings (SSSR count). The minimum Gasteiger partial charge on any atom is -0.377 e. The molecule has 1 aliphatic carbocycles. The van der Waals surface area contributed by atoms with Crippen molar-refractivity contribution < 1.29 is 0 Å². The maximum absolute atomic E-state index is 3.94. The average molecular weight is 337 g/mol. The van der Waals surface area contributed by atoms with Gasteiger partial charge in [-0.1, -0.05) is 84.5 Å². The van der Waals surface area contributed by atoms with E-state index in [0.29, 0.717) is 17.9 Å². The van der Waals surface area contributed by atoms with Crippen LogP contribution in [0.4, 0.5) is 5.69 Å². The van der Waals surface area contributed by atoms with Gasteiger partial charge < -0.3 is 5.32 Å². The highest BCUT2D eigenvalue weighted by atomic mass is 15.0. The molecule has 3 aromatic rings. The summed E-state index contributed by atoms with van der Waals surface area (Å²) in [6.07, 6.45) is 4.77. The molecule has 0 radical (unpaired) electrons. The fourth-order valence-corrected chi connectivity index (χ4v) is 4.74. The second kappa shape index (κ2) is 5.88. The van der Waals surface area contributed by atoms with Gasteiger partial charge in [-0.05, 0) is 35.9 Å². The van der Waals surface area contributed by atoms with Crippen LogP contribution in [-0.2, 0) is 0 Å². The summed E-state index contributed by atoms with van der Waals surface area (Å²) in [5.41, 5.74) is 6.99. The molecule has 0 fully saturated rings. The second-order valence-electron chi connectivity index (χ2n) is 7.65. The molecule has 0 bridgehead atoms. The van der Waals surface area contributed by atoms with Crippen molar-refractivity contribution in [3.8, 4) is 0 Å². The van der Waals surface area contributed by atoms with Crippen LogP contribution in [0.5, 0.6) is 0 Å². The normalized spacial score (nSPS) is 23.5. The molecule has 0 spiro atoms. The third-order valence-corrected chi connectivity index (χ3v) is 5.94. The van der Waals surface area contributed by atoms with E-state index in [2.05, 4.69) is 98.0 Å². The highest BCUT2D eigenvalue weighted by Gasteiger charge is 2.41. The van der Waals surface area contributed by atoms with Crippen LogP contribution in [0.3, 0.4) is 0 Å². The van der Waals surface area contributed by atoms with Crippen LogP contribution >= 0.6 is 0 Å². The first kappa shape index (κ1) is 15.5. The van der Waals surface area contributed by atoms with Gasteiger partial charge in [0.2, 0.25) is 0 Å². The van der Waals surface area contributed by atoms with Crippen LogP contribution in [0.1, 0.15) is 36.9 Å². The Labute approximate surface area is 155 Å². The Bertz CT molecular complexity index is 1040. The summed E-state index contributed by atoms with van der Waals surface area (Å²) in [6.45, 7) is 4.47. The van der Waals surface area contributed by atoms with Crippen LogP contribution in [0.15, 0.2) is 90.0 Å². The van der Waals surface area contributed by atoms with E-state index in [1.165, 1.54) is 38.7 Å². The topological polar surface area (TPSA) is 12.0 Å². The lowest BCUT2D eigenvalue weighted by Crippen LogP contribution is -2.30. The standard InChI is InChI=1S/C25H23N/c1-16(2)19-14-15-21-22-13-12-17-8-6-7-11-20(17)25(22)26-24(23(19)21)18-9-4-3-5-10-18/h3-15,21,23-24,26H,1-2H3. The number of hydrogen-bond acceptors (Lipinski definition) is 1. The first-order valence-corrected chi connectivity index (χ1v) is 9.43. The van der Waals surface area contributed by atoms with Gasteiger partial charge in [0.25, 0.3) is 0 Å². The molecular formula is C25H23N. The predicted octanol–water partition coefficient (Wildman–Crippen LogP) is 6.61. The Morgan fingerprint density at radius 3 is 2.42 bits per heavy atom. The zero-order valence-electron chi connectivity index (χ0n) is 15.2. The van der Waals surface area contributed by atoms with Gasteiger partial charge in [-0.3, -0.25) is 0 Å². The molecule has 1 N–H and O–H groups in total. The molecule has 0 amide bonds. The molecule has 1 aliphatic heterocycles. The van der Waals surface area contributed by atoms with Crippen molar-refractivity contribution >= 4 is 16.5 Å². The highest BCUT2D eigenvalue weighted by molar-refractivity contribution is 5.96. The summed E-state index contributed by atoms with van der Waals surface area (Å²) < 4.78 is 0. The largest absolute Gasteiger partial charge is 0.377 e. The summed E-state index contributed by atoms with van der Waals surface area (Å²) in [6, 6.07) is 24.5. The van der Waals surface area contributed by atoms with Gasteiger partial charge >= 0.3 is 0 Å². The summed E-state index contributed by atoms with van der Waals surface area (Å²) in [5, 5.41) is 6.56. The molecule has 3 atom stereocenters. The van der Waals surface area contributed by atoms with Gasteiger partial charge in [-0.2, -0.15) is 0 Å². The fourth-order valence-electron chi connectivity index (χ4n) is 4.74. The third kappa shape index (κ3) is 2.24. The predicted molar refractivity (Wildman–Crippen MR) is 110 cm³/mol. The zero-order chi connectivity index (χ0) is 17.7. The van der Waals surface area contributed by atoms with E-state index < -0.39 is 0 Å². The zero-order valence-corrected chi connectivity index (χ0v) is 15.2. The van der Waals surface area contributed by atoms with E-state index in [0.717, 1.165) is 0 Å². The Kier molecular flexibility index (Phi) is 3.49. The van der Waals surface area contributed by atoms with E-state index in [9.17, 15) is 0 Å². The molecule has 1 heterocycles. The van der Waals surface area contributed by atoms with Crippen molar-refractivity contribution in [3.05, 3.63) is 101 Å². The van der Waals surface area contributed by atoms with Gasteiger partial charge in [0.05, 0.1) is 6.04 Å². The summed E-state index contributed by atoms with van der Waals surface area (Å²) in [4.78, 5) is 0. The van der Waals surface area contributed by atoms with Crippen LogP contribution in [0.25, 0.3) is 10.8 Å². The number of benzene rings is 3. The molecule has 3 aromatic carbocycles. The highest BCUT2D eigenvalue weighted by Crippen LogP contribution is 2.53. The minimum absolute atomic E-state index is 0.291. The lowest BCUT2D eigenvalue weighted by atomic mass is 9.74. The molecule has 1 heteroatoms. The number of fused-ring (bicyclic) bond motifs is 5. The summed E-state index contributed by atoms with van der Waals surface area (Å²) in [7, 11) is 0. The van der Waals surface area contributed by atoms with E-state index in [1.807, 2.05) is 0 Å². The molecule has 0 saturated heterocycles. The molecular weight excluding hydrogens is 314 g/mol. The van der Waals surface area contributed by atoms with Crippen LogP contribution in [-0.4, -0.2) is 0 Å². The first-order chi connectivity index (χ1) is 12.7. The van der Waals surface area contributed by atoms with Crippen molar-refractivity contribution in [2.45, 2.75) is 25.8 Å². The number of anilines is 1. The van der Waals surface area contributed by atoms with E-state index in [-0.39, 0.29) is 0 Å². The minimum atomic E-state index is 0.291. The number of hydrogen-bond donors (Lipinski definition) is 1. The van der Waals surface area contributed by atoms with Crippen LogP contribution < -0.4 is 5.32 Å². The maximum Gasteiger partial charge on any atom is 0.0591 e. The lowest BCUT2D eigenvalue weighted by Gasteiger charge is -2.39. The van der Waals surface area contributed by atoms with Gasteiger partial charge in [0.15, 0.2) is 0 Å². The maximum atomic E-state index is 3.94. The Morgan fingerprint density at radius 1 is 0.846 bits per heavy atom. The van der Waals surface area contributed by atoms with Gasteiger partial charge in [0, 0.05) is 22.9 Å². The lowest BCUT2D eigenvalue weighted by molar-refractivity contribution is 0.483. The van der Waals surface area contributed by atoms with Gasteiger partial charge in [0.1, 0.15) is 0 Å². The summed E-state index contributed by atoms with van der Waals surface area (Å²) >= 11 is 0. The Hall–Kier alpha value is -2.80. The Morgan fingerprint density at radius 2 is 1.62 bits per heavy atom. The molecule has 2 aliphatic rings. The number of allylic oxidation sites excluding steroid dienone is 3. The van der Waals surface area contributed by atoms with Crippen molar-refractivity contribution in [1.29, 1.82) is 0 Å². The Balaban J connectivity index is 1.75. The number of nitrogens with one attached hydrogen (secondary N) is 1. The molecule has 0 saturated carbocycles. The average Bonchev–Trinajstić information content (AvgIpc) is 3.13. The molecule has 1 nitrogen and oxygen atoms in total. The van der Waals surface area contributed by atoms with Crippen molar-refractivity contribution in [2.24, 2.45) is 5.92 Å².